The Labute approximate surface area is 133 Å². The normalized spacial score (nSPS) is 27.1. The lowest BCUT2D eigenvalue weighted by atomic mass is 9.72. The zero-order chi connectivity index (χ0) is 15.9. The van der Waals surface area contributed by atoms with E-state index in [-0.39, 0.29) is 17.1 Å². The number of morpholine rings is 1. The van der Waals surface area contributed by atoms with Gasteiger partial charge in [0.1, 0.15) is 0 Å². The van der Waals surface area contributed by atoms with Gasteiger partial charge in [0.25, 0.3) is 0 Å². The molecule has 0 unspecified atom stereocenters. The summed E-state index contributed by atoms with van der Waals surface area (Å²) in [7, 11) is 0. The highest BCUT2D eigenvalue weighted by Gasteiger charge is 2.49. The summed E-state index contributed by atoms with van der Waals surface area (Å²) in [5, 5.41) is 0. The Morgan fingerprint density at radius 2 is 1.52 bits per heavy atom. The van der Waals surface area contributed by atoms with E-state index in [2.05, 4.69) is 0 Å². The molecule has 21 heavy (non-hydrogen) atoms. The van der Waals surface area contributed by atoms with Crippen molar-refractivity contribution < 1.29 is 9.53 Å². The molecule has 120 valence electrons. The second-order valence-corrected chi connectivity index (χ2v) is 8.23. The smallest absolute Gasteiger partial charge is 0.235 e. The Balaban J connectivity index is 2.26. The molecule has 1 saturated heterocycles. The summed E-state index contributed by atoms with van der Waals surface area (Å²) in [6.45, 7) is 9.31. The van der Waals surface area contributed by atoms with Crippen molar-refractivity contribution >= 4 is 23.1 Å². The molecule has 1 amide bonds. The monoisotopic (exact) mass is 312 g/mol. The lowest BCUT2D eigenvalue weighted by Gasteiger charge is -2.50. The van der Waals surface area contributed by atoms with Crippen molar-refractivity contribution in [3.8, 4) is 0 Å². The lowest BCUT2D eigenvalue weighted by molar-refractivity contribution is -0.192. The Morgan fingerprint density at radius 1 is 1.05 bits per heavy atom. The van der Waals surface area contributed by atoms with E-state index in [0.717, 1.165) is 32.1 Å². The number of rotatable bonds is 2. The zero-order valence-electron chi connectivity index (χ0n) is 13.7. The standard InChI is InChI=1S/C16H28N2O2S/c1-14(2)10-18(11-15(3,4)20-14)13(19)16(12(17)21)8-6-5-7-9-16/h5-11H2,1-4H3,(H2,17,21). The quantitative estimate of drug-likeness (QED) is 0.796. The molecule has 1 heterocycles. The first-order valence-corrected chi connectivity index (χ1v) is 8.28. The van der Waals surface area contributed by atoms with Crippen LogP contribution in [-0.2, 0) is 9.53 Å². The molecule has 4 nitrogen and oxygen atoms in total. The fourth-order valence-electron chi connectivity index (χ4n) is 3.95. The van der Waals surface area contributed by atoms with Crippen LogP contribution in [0.2, 0.25) is 0 Å². The molecule has 0 atom stereocenters. The summed E-state index contributed by atoms with van der Waals surface area (Å²) in [6, 6.07) is 0. The van der Waals surface area contributed by atoms with Crippen LogP contribution in [0.25, 0.3) is 0 Å². The first-order chi connectivity index (χ1) is 9.58. The molecule has 5 heteroatoms. The molecule has 1 aliphatic heterocycles. The van der Waals surface area contributed by atoms with E-state index < -0.39 is 5.41 Å². The molecular formula is C16H28N2O2S. The van der Waals surface area contributed by atoms with E-state index in [0.29, 0.717) is 18.1 Å². The predicted molar refractivity (Wildman–Crippen MR) is 88.1 cm³/mol. The molecule has 0 aromatic rings. The van der Waals surface area contributed by atoms with E-state index in [1.54, 1.807) is 0 Å². The van der Waals surface area contributed by atoms with E-state index in [9.17, 15) is 4.79 Å². The van der Waals surface area contributed by atoms with E-state index in [1.165, 1.54) is 0 Å². The number of amides is 1. The predicted octanol–water partition coefficient (Wildman–Crippen LogP) is 2.64. The summed E-state index contributed by atoms with van der Waals surface area (Å²) >= 11 is 5.29. The highest BCUT2D eigenvalue weighted by molar-refractivity contribution is 7.80. The third-order valence-corrected chi connectivity index (χ3v) is 4.96. The first kappa shape index (κ1) is 16.7. The Bertz CT molecular complexity index is 424. The topological polar surface area (TPSA) is 55.6 Å². The summed E-state index contributed by atoms with van der Waals surface area (Å²) in [5.74, 6) is 0.110. The molecule has 0 spiro atoms. The maximum absolute atomic E-state index is 13.2. The number of hydrogen-bond acceptors (Lipinski definition) is 3. The van der Waals surface area contributed by atoms with Crippen LogP contribution < -0.4 is 5.73 Å². The van der Waals surface area contributed by atoms with Crippen LogP contribution in [0.3, 0.4) is 0 Å². The maximum atomic E-state index is 13.2. The van der Waals surface area contributed by atoms with Gasteiger partial charge in [-0.25, -0.2) is 0 Å². The van der Waals surface area contributed by atoms with Gasteiger partial charge in [0, 0.05) is 13.1 Å². The van der Waals surface area contributed by atoms with Crippen LogP contribution in [0.4, 0.5) is 0 Å². The van der Waals surface area contributed by atoms with Crippen molar-refractivity contribution in [3.05, 3.63) is 0 Å². The van der Waals surface area contributed by atoms with E-state index in [1.807, 2.05) is 32.6 Å². The van der Waals surface area contributed by atoms with Gasteiger partial charge in [-0.1, -0.05) is 31.5 Å². The minimum atomic E-state index is -0.628. The second-order valence-electron chi connectivity index (χ2n) is 7.79. The van der Waals surface area contributed by atoms with Crippen LogP contribution in [0.15, 0.2) is 0 Å². The maximum Gasteiger partial charge on any atom is 0.235 e. The molecule has 1 saturated carbocycles. The van der Waals surface area contributed by atoms with Gasteiger partial charge < -0.3 is 15.4 Å². The van der Waals surface area contributed by atoms with Crippen LogP contribution in [0.5, 0.6) is 0 Å². The van der Waals surface area contributed by atoms with E-state index in [4.69, 9.17) is 22.7 Å². The SMILES string of the molecule is CC1(C)CN(C(=O)C2(C(N)=S)CCCCC2)CC(C)(C)O1. The molecular weight excluding hydrogens is 284 g/mol. The molecule has 0 bridgehead atoms. The van der Waals surface area contributed by atoms with Gasteiger partial charge in [0.05, 0.1) is 21.6 Å². The van der Waals surface area contributed by atoms with Gasteiger partial charge in [-0.05, 0) is 40.5 Å². The van der Waals surface area contributed by atoms with E-state index >= 15 is 0 Å². The zero-order valence-corrected chi connectivity index (χ0v) is 14.5. The number of nitrogens with zero attached hydrogens (tertiary/aromatic N) is 1. The third kappa shape index (κ3) is 3.39. The summed E-state index contributed by atoms with van der Waals surface area (Å²) in [6.07, 6.45) is 4.80. The van der Waals surface area contributed by atoms with Crippen LogP contribution in [0.1, 0.15) is 59.8 Å². The van der Waals surface area contributed by atoms with Gasteiger partial charge in [-0.3, -0.25) is 4.79 Å². The molecule has 0 radical (unpaired) electrons. The Morgan fingerprint density at radius 3 is 1.95 bits per heavy atom. The largest absolute Gasteiger partial charge is 0.392 e. The number of nitrogens with two attached hydrogens (primary N) is 1. The van der Waals surface area contributed by atoms with Crippen molar-refractivity contribution in [2.45, 2.75) is 71.0 Å². The molecule has 0 aromatic heterocycles. The molecule has 2 N–H and O–H groups in total. The fourth-order valence-corrected chi connectivity index (χ4v) is 4.25. The third-order valence-electron chi connectivity index (χ3n) is 4.57. The first-order valence-electron chi connectivity index (χ1n) is 7.88. The average Bonchev–Trinajstić information content (AvgIpc) is 2.34. The van der Waals surface area contributed by atoms with Crippen LogP contribution in [0, 0.1) is 5.41 Å². The highest BCUT2D eigenvalue weighted by atomic mass is 32.1. The van der Waals surface area contributed by atoms with Gasteiger partial charge in [-0.2, -0.15) is 0 Å². The van der Waals surface area contributed by atoms with Crippen molar-refractivity contribution in [2.24, 2.45) is 11.1 Å². The minimum absolute atomic E-state index is 0.110. The number of hydrogen-bond donors (Lipinski definition) is 1. The summed E-state index contributed by atoms with van der Waals surface area (Å²) < 4.78 is 6.06. The van der Waals surface area contributed by atoms with Gasteiger partial charge in [0.2, 0.25) is 5.91 Å². The van der Waals surface area contributed by atoms with Crippen molar-refractivity contribution in [2.75, 3.05) is 13.1 Å². The summed E-state index contributed by atoms with van der Waals surface area (Å²) in [5.41, 5.74) is 4.68. The fraction of sp³-hybridized carbons (Fsp3) is 0.875. The second kappa shape index (κ2) is 5.51. The minimum Gasteiger partial charge on any atom is -0.392 e. The van der Waals surface area contributed by atoms with Crippen molar-refractivity contribution in [3.63, 3.8) is 0 Å². The highest BCUT2D eigenvalue weighted by Crippen LogP contribution is 2.40. The lowest BCUT2D eigenvalue weighted by Crippen LogP contribution is -2.62. The molecule has 1 aliphatic carbocycles. The van der Waals surface area contributed by atoms with Crippen molar-refractivity contribution in [1.82, 2.24) is 4.90 Å². The van der Waals surface area contributed by atoms with Crippen molar-refractivity contribution in [1.29, 1.82) is 0 Å². The number of carbonyl (C=O) groups is 1. The number of ether oxygens (including phenoxy) is 1. The Hall–Kier alpha value is -0.680. The summed E-state index contributed by atoms with van der Waals surface area (Å²) in [4.78, 5) is 15.5. The van der Waals surface area contributed by atoms with Gasteiger partial charge in [-0.15, -0.1) is 0 Å². The number of carbonyl (C=O) groups excluding carboxylic acids is 1. The van der Waals surface area contributed by atoms with Gasteiger partial charge >= 0.3 is 0 Å². The molecule has 0 aromatic carbocycles. The van der Waals surface area contributed by atoms with Crippen LogP contribution in [-0.4, -0.2) is 40.1 Å². The molecule has 2 fully saturated rings. The van der Waals surface area contributed by atoms with Crippen LogP contribution >= 0.6 is 12.2 Å². The van der Waals surface area contributed by atoms with Gasteiger partial charge in [0.15, 0.2) is 0 Å². The number of thiocarbonyl (C=S) groups is 1. The average molecular weight is 312 g/mol. The molecule has 2 rings (SSSR count). The Kier molecular flexibility index (Phi) is 4.37. The molecule has 2 aliphatic rings.